The van der Waals surface area contributed by atoms with Gasteiger partial charge < -0.3 is 0 Å². The van der Waals surface area contributed by atoms with Crippen molar-refractivity contribution in [3.8, 4) is 0 Å². The zero-order valence-electron chi connectivity index (χ0n) is 6.04. The Morgan fingerprint density at radius 3 is 2.60 bits per heavy atom. The summed E-state index contributed by atoms with van der Waals surface area (Å²) < 4.78 is 0. The van der Waals surface area contributed by atoms with Crippen molar-refractivity contribution < 1.29 is 18.9 Å². The SMILES string of the molecule is [Li+].c1ccc2[cH-]ccc2c1. The summed E-state index contributed by atoms with van der Waals surface area (Å²) in [5.41, 5.74) is 0. The molecule has 0 saturated heterocycles. The maximum absolute atomic E-state index is 2.12. The summed E-state index contributed by atoms with van der Waals surface area (Å²) in [7, 11) is 0. The molecule has 0 aromatic heterocycles. The molecule has 0 bridgehead atoms. The summed E-state index contributed by atoms with van der Waals surface area (Å²) in [6.07, 6.45) is 0. The molecular formula is C9H7Li. The molecule has 0 heterocycles. The van der Waals surface area contributed by atoms with Crippen molar-refractivity contribution in [3.05, 3.63) is 42.5 Å². The van der Waals surface area contributed by atoms with Gasteiger partial charge in [0, 0.05) is 0 Å². The van der Waals surface area contributed by atoms with Crippen LogP contribution in [0.1, 0.15) is 0 Å². The van der Waals surface area contributed by atoms with E-state index in [4.69, 9.17) is 0 Å². The third kappa shape index (κ3) is 1.14. The second-order valence-corrected chi connectivity index (χ2v) is 2.15. The Morgan fingerprint density at radius 2 is 1.80 bits per heavy atom. The van der Waals surface area contributed by atoms with E-state index in [1.54, 1.807) is 0 Å². The molecule has 0 N–H and O–H groups in total. The zero-order chi connectivity index (χ0) is 6.10. The van der Waals surface area contributed by atoms with Crippen molar-refractivity contribution >= 4 is 10.8 Å². The molecule has 2 rings (SSSR count). The summed E-state index contributed by atoms with van der Waals surface area (Å²) in [5.74, 6) is 0. The van der Waals surface area contributed by atoms with Gasteiger partial charge in [0.2, 0.25) is 0 Å². The second kappa shape index (κ2) is 3.01. The van der Waals surface area contributed by atoms with Gasteiger partial charge in [-0.15, -0.1) is 29.7 Å². The molecule has 0 aliphatic carbocycles. The molecule has 0 radical (unpaired) electrons. The molecule has 0 atom stereocenters. The maximum atomic E-state index is 2.12. The van der Waals surface area contributed by atoms with E-state index in [0.717, 1.165) is 0 Å². The van der Waals surface area contributed by atoms with Crippen LogP contribution in [-0.2, 0) is 0 Å². The number of benzene rings is 1. The van der Waals surface area contributed by atoms with Gasteiger partial charge in [0.25, 0.3) is 0 Å². The monoisotopic (exact) mass is 122 g/mol. The van der Waals surface area contributed by atoms with Gasteiger partial charge in [-0.3, -0.25) is 0 Å². The average molecular weight is 122 g/mol. The molecule has 0 saturated carbocycles. The van der Waals surface area contributed by atoms with Crippen LogP contribution >= 0.6 is 0 Å². The number of fused-ring (bicyclic) bond motifs is 1. The first kappa shape index (κ1) is 7.53. The average Bonchev–Trinajstić information content (AvgIpc) is 2.33. The van der Waals surface area contributed by atoms with Crippen molar-refractivity contribution in [2.45, 2.75) is 0 Å². The summed E-state index contributed by atoms with van der Waals surface area (Å²) in [5, 5.41) is 2.66. The molecule has 0 fully saturated rings. The largest absolute Gasteiger partial charge is 1.00 e. The summed E-state index contributed by atoms with van der Waals surface area (Å²) in [4.78, 5) is 0. The van der Waals surface area contributed by atoms with E-state index in [-0.39, 0.29) is 18.9 Å². The van der Waals surface area contributed by atoms with Crippen LogP contribution in [-0.4, -0.2) is 0 Å². The smallest absolute Gasteiger partial charge is 0.168 e. The van der Waals surface area contributed by atoms with Gasteiger partial charge in [-0.05, 0) is 0 Å². The van der Waals surface area contributed by atoms with Crippen LogP contribution in [0, 0.1) is 0 Å². The molecule has 0 nitrogen and oxygen atoms in total. The van der Waals surface area contributed by atoms with Gasteiger partial charge in [0.15, 0.2) is 0 Å². The summed E-state index contributed by atoms with van der Waals surface area (Å²) in [6.45, 7) is 0. The third-order valence-corrected chi connectivity index (χ3v) is 1.55. The summed E-state index contributed by atoms with van der Waals surface area (Å²) in [6, 6.07) is 14.7. The van der Waals surface area contributed by atoms with E-state index < -0.39 is 0 Å². The fourth-order valence-corrected chi connectivity index (χ4v) is 1.07. The fraction of sp³-hybridized carbons (Fsp3) is 0. The first-order chi connectivity index (χ1) is 4.47. The van der Waals surface area contributed by atoms with Crippen molar-refractivity contribution in [1.82, 2.24) is 0 Å². The van der Waals surface area contributed by atoms with Crippen LogP contribution in [0.2, 0.25) is 0 Å². The minimum atomic E-state index is 0. The van der Waals surface area contributed by atoms with Crippen LogP contribution < -0.4 is 18.9 Å². The minimum Gasteiger partial charge on any atom is -0.168 e. The van der Waals surface area contributed by atoms with Crippen molar-refractivity contribution in [3.63, 3.8) is 0 Å². The zero-order valence-corrected chi connectivity index (χ0v) is 6.04. The first-order valence-corrected chi connectivity index (χ1v) is 3.07. The Bertz CT molecular complexity index is 279. The van der Waals surface area contributed by atoms with Gasteiger partial charge in [-0.2, -0.15) is 17.5 Å². The number of hydrogen-bond acceptors (Lipinski definition) is 0. The van der Waals surface area contributed by atoms with Crippen LogP contribution in [0.3, 0.4) is 0 Å². The van der Waals surface area contributed by atoms with Gasteiger partial charge >= 0.3 is 18.9 Å². The second-order valence-electron chi connectivity index (χ2n) is 2.15. The fourth-order valence-electron chi connectivity index (χ4n) is 1.07. The predicted molar refractivity (Wildman–Crippen MR) is 39.5 cm³/mol. The standard InChI is InChI=1S/C9H7.Li/c1-2-5-9-7-3-6-8(9)4-1;/h1-7H;/q-1;+1. The Kier molecular flexibility index (Phi) is 2.27. The molecule has 44 valence electrons. The molecule has 0 aliphatic heterocycles. The minimum absolute atomic E-state index is 0. The molecular weight excluding hydrogens is 115 g/mol. The van der Waals surface area contributed by atoms with E-state index in [1.165, 1.54) is 10.8 Å². The number of hydrogen-bond donors (Lipinski definition) is 0. The van der Waals surface area contributed by atoms with Crippen molar-refractivity contribution in [2.75, 3.05) is 0 Å². The Morgan fingerprint density at radius 1 is 1.00 bits per heavy atom. The van der Waals surface area contributed by atoms with Gasteiger partial charge in [-0.1, -0.05) is 6.07 Å². The Balaban J connectivity index is 0.000000500. The molecule has 1 heteroatoms. The van der Waals surface area contributed by atoms with Crippen molar-refractivity contribution in [2.24, 2.45) is 0 Å². The normalized spacial score (nSPS) is 9.20. The van der Waals surface area contributed by atoms with Gasteiger partial charge in [-0.25, -0.2) is 0 Å². The van der Waals surface area contributed by atoms with E-state index in [9.17, 15) is 0 Å². The topological polar surface area (TPSA) is 0 Å². The first-order valence-electron chi connectivity index (χ1n) is 3.07. The van der Waals surface area contributed by atoms with Crippen LogP contribution in [0.15, 0.2) is 42.5 Å². The molecule has 2 aromatic carbocycles. The van der Waals surface area contributed by atoms with E-state index in [1.807, 2.05) is 0 Å². The number of rotatable bonds is 0. The Labute approximate surface area is 72.4 Å². The molecule has 0 amide bonds. The molecule has 10 heavy (non-hydrogen) atoms. The maximum Gasteiger partial charge on any atom is 1.00 e. The molecule has 0 unspecified atom stereocenters. The predicted octanol–water partition coefficient (Wildman–Crippen LogP) is -0.437. The van der Waals surface area contributed by atoms with Gasteiger partial charge in [0.05, 0.1) is 0 Å². The van der Waals surface area contributed by atoms with Crippen molar-refractivity contribution in [1.29, 1.82) is 0 Å². The quantitative estimate of drug-likeness (QED) is 0.328. The van der Waals surface area contributed by atoms with E-state index in [2.05, 4.69) is 42.5 Å². The van der Waals surface area contributed by atoms with Crippen LogP contribution in [0.4, 0.5) is 0 Å². The third-order valence-electron chi connectivity index (χ3n) is 1.55. The summed E-state index contributed by atoms with van der Waals surface area (Å²) >= 11 is 0. The van der Waals surface area contributed by atoms with Crippen LogP contribution in [0.25, 0.3) is 10.8 Å². The van der Waals surface area contributed by atoms with E-state index >= 15 is 0 Å². The van der Waals surface area contributed by atoms with E-state index in [0.29, 0.717) is 0 Å². The van der Waals surface area contributed by atoms with Crippen LogP contribution in [0.5, 0.6) is 0 Å². The van der Waals surface area contributed by atoms with Gasteiger partial charge in [0.1, 0.15) is 0 Å². The Hall–Kier alpha value is -0.573. The molecule has 0 aliphatic rings. The molecule has 0 spiro atoms. The molecule has 2 aromatic rings.